The minimum Gasteiger partial charge on any atom is -0.326 e. The Balaban J connectivity index is 2.58. The highest BCUT2D eigenvalue weighted by Gasteiger charge is 2.37. The fourth-order valence-electron chi connectivity index (χ4n) is 2.12. The topological polar surface area (TPSA) is 49.4 Å². The summed E-state index contributed by atoms with van der Waals surface area (Å²) in [4.78, 5) is 25.1. The normalized spacial score (nSPS) is 21.8. The van der Waals surface area contributed by atoms with Gasteiger partial charge in [0.1, 0.15) is 6.04 Å². The van der Waals surface area contributed by atoms with Gasteiger partial charge in [-0.25, -0.2) is 4.79 Å². The summed E-state index contributed by atoms with van der Waals surface area (Å²) < 4.78 is 0. The van der Waals surface area contributed by atoms with E-state index in [1.54, 1.807) is 0 Å². The maximum absolute atomic E-state index is 12.0. The van der Waals surface area contributed by atoms with E-state index in [-0.39, 0.29) is 18.0 Å². The molecule has 0 aromatic rings. The Morgan fingerprint density at radius 2 is 2.06 bits per heavy atom. The van der Waals surface area contributed by atoms with E-state index in [9.17, 15) is 9.59 Å². The monoisotopic (exact) mass is 304 g/mol. The predicted octanol–water partition coefficient (Wildman–Crippen LogP) is 2.52. The fraction of sp³-hybridized carbons (Fsp3) is 0.833. The van der Waals surface area contributed by atoms with Gasteiger partial charge < -0.3 is 5.32 Å². The van der Waals surface area contributed by atoms with Gasteiger partial charge in [0.25, 0.3) is 5.91 Å². The molecular weight excluding hydrogens is 284 g/mol. The molecule has 1 rings (SSSR count). The average Bonchev–Trinajstić information content (AvgIpc) is 2.56. The van der Waals surface area contributed by atoms with Crippen LogP contribution in [0.1, 0.15) is 39.5 Å². The number of rotatable bonds is 7. The molecule has 0 spiro atoms. The summed E-state index contributed by atoms with van der Waals surface area (Å²) in [5, 5.41) is 3.58. The third-order valence-corrected chi connectivity index (χ3v) is 3.96. The fourth-order valence-corrected chi connectivity index (χ4v) is 2.65. The Labute approximate surface area is 111 Å². The van der Waals surface area contributed by atoms with Crippen molar-refractivity contribution in [3.05, 3.63) is 0 Å². The average molecular weight is 305 g/mol. The van der Waals surface area contributed by atoms with E-state index in [2.05, 4.69) is 28.2 Å². The van der Waals surface area contributed by atoms with Gasteiger partial charge in [0, 0.05) is 11.9 Å². The van der Waals surface area contributed by atoms with E-state index in [1.807, 2.05) is 6.92 Å². The van der Waals surface area contributed by atoms with Crippen molar-refractivity contribution in [2.45, 2.75) is 45.6 Å². The first-order chi connectivity index (χ1) is 8.13. The molecule has 1 saturated heterocycles. The number of nitrogens with one attached hydrogen (secondary N) is 1. The quantitative estimate of drug-likeness (QED) is 0.580. The van der Waals surface area contributed by atoms with Gasteiger partial charge in [0.05, 0.1) is 0 Å². The second-order valence-electron chi connectivity index (χ2n) is 4.55. The molecule has 3 amide bonds. The Kier molecular flexibility index (Phi) is 5.95. The lowest BCUT2D eigenvalue weighted by Crippen LogP contribution is -2.36. The lowest BCUT2D eigenvalue weighted by Gasteiger charge is -2.19. The number of hydrogen-bond donors (Lipinski definition) is 1. The van der Waals surface area contributed by atoms with E-state index < -0.39 is 0 Å². The van der Waals surface area contributed by atoms with Crippen molar-refractivity contribution >= 4 is 27.9 Å². The summed E-state index contributed by atoms with van der Waals surface area (Å²) in [5.41, 5.74) is 0. The molecule has 0 aromatic carbocycles. The van der Waals surface area contributed by atoms with E-state index in [0.29, 0.717) is 12.5 Å². The smallest absolute Gasteiger partial charge is 0.324 e. The van der Waals surface area contributed by atoms with Gasteiger partial charge in [-0.2, -0.15) is 0 Å². The summed E-state index contributed by atoms with van der Waals surface area (Å²) in [5.74, 6) is 0.300. The highest BCUT2D eigenvalue weighted by atomic mass is 79.9. The first-order valence-electron chi connectivity index (χ1n) is 6.31. The first-order valence-corrected chi connectivity index (χ1v) is 7.43. The summed E-state index contributed by atoms with van der Waals surface area (Å²) in [6, 6.07) is -0.527. The second kappa shape index (κ2) is 6.99. The van der Waals surface area contributed by atoms with Crippen LogP contribution < -0.4 is 5.32 Å². The van der Waals surface area contributed by atoms with Crippen LogP contribution in [0.3, 0.4) is 0 Å². The van der Waals surface area contributed by atoms with Crippen LogP contribution in [0, 0.1) is 5.92 Å². The van der Waals surface area contributed by atoms with Crippen molar-refractivity contribution in [3.63, 3.8) is 0 Å². The second-order valence-corrected chi connectivity index (χ2v) is 5.20. The number of hydrogen-bond acceptors (Lipinski definition) is 2. The lowest BCUT2D eigenvalue weighted by molar-refractivity contribution is -0.128. The van der Waals surface area contributed by atoms with Crippen molar-refractivity contribution < 1.29 is 9.59 Å². The van der Waals surface area contributed by atoms with Gasteiger partial charge in [0.15, 0.2) is 0 Å². The highest BCUT2D eigenvalue weighted by molar-refractivity contribution is 9.09. The molecule has 1 aliphatic rings. The maximum Gasteiger partial charge on any atom is 0.324 e. The van der Waals surface area contributed by atoms with Crippen LogP contribution >= 0.6 is 15.9 Å². The van der Waals surface area contributed by atoms with Crippen molar-refractivity contribution in [2.75, 3.05) is 11.9 Å². The Morgan fingerprint density at radius 1 is 1.35 bits per heavy atom. The largest absolute Gasteiger partial charge is 0.326 e. The van der Waals surface area contributed by atoms with Crippen LogP contribution in [-0.2, 0) is 4.79 Å². The number of urea groups is 1. The molecule has 1 heterocycles. The molecule has 4 nitrogen and oxygen atoms in total. The Bertz CT molecular complexity index is 284. The zero-order valence-corrected chi connectivity index (χ0v) is 12.1. The molecule has 17 heavy (non-hydrogen) atoms. The minimum absolute atomic E-state index is 0.0566. The maximum atomic E-state index is 12.0. The predicted molar refractivity (Wildman–Crippen MR) is 71.1 cm³/mol. The van der Waals surface area contributed by atoms with Gasteiger partial charge in [-0.15, -0.1) is 0 Å². The molecule has 0 radical (unpaired) electrons. The van der Waals surface area contributed by atoms with Crippen LogP contribution in [0.15, 0.2) is 0 Å². The molecule has 2 unspecified atom stereocenters. The summed E-state index contributed by atoms with van der Waals surface area (Å²) in [6.45, 7) is 4.66. The van der Waals surface area contributed by atoms with Crippen molar-refractivity contribution in [2.24, 2.45) is 5.92 Å². The number of amides is 3. The number of alkyl halides is 1. The van der Waals surface area contributed by atoms with Crippen LogP contribution in [0.25, 0.3) is 0 Å². The number of imide groups is 1. The Morgan fingerprint density at radius 3 is 2.59 bits per heavy atom. The number of carbonyl (C=O) groups excluding carboxylic acids is 2. The van der Waals surface area contributed by atoms with Crippen molar-refractivity contribution in [1.82, 2.24) is 10.2 Å². The molecule has 0 aliphatic carbocycles. The molecule has 1 N–H and O–H groups in total. The standard InChI is InChI=1S/C12H21BrN2O2/c1-3-5-9(7-13)8-15-11(16)10(6-4-2)14-12(15)17/h9-10H,3-8H2,1-2H3,(H,14,17). The number of nitrogens with zero attached hydrogens (tertiary/aromatic N) is 1. The molecular formula is C12H21BrN2O2. The molecule has 0 saturated carbocycles. The number of halogens is 1. The molecule has 98 valence electrons. The number of carbonyl (C=O) groups is 2. The molecule has 0 bridgehead atoms. The zero-order valence-electron chi connectivity index (χ0n) is 10.5. The zero-order chi connectivity index (χ0) is 12.8. The first kappa shape index (κ1) is 14.5. The summed E-state index contributed by atoms with van der Waals surface area (Å²) >= 11 is 3.44. The molecule has 5 heteroatoms. The van der Waals surface area contributed by atoms with Gasteiger partial charge in [-0.05, 0) is 18.8 Å². The Hall–Kier alpha value is -0.580. The van der Waals surface area contributed by atoms with Gasteiger partial charge in [-0.1, -0.05) is 42.6 Å². The van der Waals surface area contributed by atoms with Gasteiger partial charge in [-0.3, -0.25) is 9.69 Å². The molecule has 1 fully saturated rings. The molecule has 0 aromatic heterocycles. The van der Waals surface area contributed by atoms with Crippen LogP contribution in [-0.4, -0.2) is 34.8 Å². The van der Waals surface area contributed by atoms with Crippen LogP contribution in [0.5, 0.6) is 0 Å². The molecule has 2 atom stereocenters. The van der Waals surface area contributed by atoms with Crippen molar-refractivity contribution in [1.29, 1.82) is 0 Å². The van der Waals surface area contributed by atoms with E-state index in [1.165, 1.54) is 4.90 Å². The van der Waals surface area contributed by atoms with Crippen LogP contribution in [0.4, 0.5) is 4.79 Å². The van der Waals surface area contributed by atoms with E-state index >= 15 is 0 Å². The van der Waals surface area contributed by atoms with E-state index in [4.69, 9.17) is 0 Å². The third kappa shape index (κ3) is 3.69. The van der Waals surface area contributed by atoms with Crippen molar-refractivity contribution in [3.8, 4) is 0 Å². The molecule has 1 aliphatic heterocycles. The lowest BCUT2D eigenvalue weighted by atomic mass is 10.1. The van der Waals surface area contributed by atoms with Crippen LogP contribution in [0.2, 0.25) is 0 Å². The minimum atomic E-state index is -0.301. The summed E-state index contributed by atoms with van der Waals surface area (Å²) in [6.07, 6.45) is 3.73. The highest BCUT2D eigenvalue weighted by Crippen LogP contribution is 2.17. The van der Waals surface area contributed by atoms with Gasteiger partial charge in [0.2, 0.25) is 0 Å². The third-order valence-electron chi connectivity index (χ3n) is 3.04. The summed E-state index contributed by atoms with van der Waals surface area (Å²) in [7, 11) is 0. The SMILES string of the molecule is CCCC(CBr)CN1C(=O)NC(CCC)C1=O. The van der Waals surface area contributed by atoms with Gasteiger partial charge >= 0.3 is 6.03 Å². The van der Waals surface area contributed by atoms with E-state index in [0.717, 1.165) is 31.0 Å².